The lowest BCUT2D eigenvalue weighted by molar-refractivity contribution is -0.133. The van der Waals surface area contributed by atoms with Crippen molar-refractivity contribution in [2.45, 2.75) is 6.92 Å². The number of nitrogens with one attached hydrogen (secondary N) is 2. The van der Waals surface area contributed by atoms with Gasteiger partial charge in [0, 0.05) is 5.56 Å². The van der Waals surface area contributed by atoms with Crippen LogP contribution >= 0.6 is 0 Å². The molecule has 1 aromatic heterocycles. The maximum atomic E-state index is 12.1. The SMILES string of the molecule is Cc1cccc(OC(=O)CNC(=O)c2ccc3nc[nH]c3c2)c1. The Balaban J connectivity index is 1.58. The molecule has 0 radical (unpaired) electrons. The zero-order valence-corrected chi connectivity index (χ0v) is 12.5. The van der Waals surface area contributed by atoms with Gasteiger partial charge in [0.25, 0.3) is 5.91 Å². The minimum atomic E-state index is -0.522. The van der Waals surface area contributed by atoms with Crippen molar-refractivity contribution in [2.24, 2.45) is 0 Å². The van der Waals surface area contributed by atoms with E-state index in [9.17, 15) is 9.59 Å². The third-order valence-electron chi connectivity index (χ3n) is 3.30. The van der Waals surface area contributed by atoms with Crippen LogP contribution < -0.4 is 10.1 Å². The van der Waals surface area contributed by atoms with E-state index >= 15 is 0 Å². The van der Waals surface area contributed by atoms with Crippen LogP contribution in [0.3, 0.4) is 0 Å². The first kappa shape index (κ1) is 14.8. The first-order chi connectivity index (χ1) is 11.1. The summed E-state index contributed by atoms with van der Waals surface area (Å²) in [6.07, 6.45) is 1.56. The Morgan fingerprint density at radius 2 is 2.09 bits per heavy atom. The first-order valence-electron chi connectivity index (χ1n) is 7.10. The van der Waals surface area contributed by atoms with Gasteiger partial charge in [0.15, 0.2) is 0 Å². The molecule has 116 valence electrons. The van der Waals surface area contributed by atoms with Crippen LogP contribution in [-0.4, -0.2) is 28.4 Å². The number of imidazole rings is 1. The fraction of sp³-hybridized carbons (Fsp3) is 0.118. The lowest BCUT2D eigenvalue weighted by atomic mass is 10.2. The van der Waals surface area contributed by atoms with E-state index < -0.39 is 5.97 Å². The number of esters is 1. The largest absolute Gasteiger partial charge is 0.425 e. The predicted octanol–water partition coefficient (Wildman–Crippen LogP) is 2.21. The molecule has 0 atom stereocenters. The number of hydrogen-bond donors (Lipinski definition) is 2. The molecule has 0 saturated carbocycles. The highest BCUT2D eigenvalue weighted by Crippen LogP contribution is 2.13. The normalized spacial score (nSPS) is 10.5. The Bertz CT molecular complexity index is 870. The van der Waals surface area contributed by atoms with Gasteiger partial charge in [-0.15, -0.1) is 0 Å². The molecule has 2 aromatic carbocycles. The molecule has 0 unspecified atom stereocenters. The van der Waals surface area contributed by atoms with Crippen molar-refractivity contribution in [3.8, 4) is 5.75 Å². The number of hydrogen-bond acceptors (Lipinski definition) is 4. The molecule has 0 aliphatic heterocycles. The summed E-state index contributed by atoms with van der Waals surface area (Å²) in [4.78, 5) is 30.9. The second-order valence-electron chi connectivity index (χ2n) is 5.11. The van der Waals surface area contributed by atoms with Gasteiger partial charge in [0.2, 0.25) is 0 Å². The van der Waals surface area contributed by atoms with Gasteiger partial charge in [-0.1, -0.05) is 12.1 Å². The summed E-state index contributed by atoms with van der Waals surface area (Å²) < 4.78 is 5.17. The van der Waals surface area contributed by atoms with Gasteiger partial charge in [-0.2, -0.15) is 0 Å². The minimum absolute atomic E-state index is 0.201. The van der Waals surface area contributed by atoms with Gasteiger partial charge < -0.3 is 15.0 Å². The average molecular weight is 309 g/mol. The minimum Gasteiger partial charge on any atom is -0.425 e. The van der Waals surface area contributed by atoms with Crippen LogP contribution in [0.5, 0.6) is 5.75 Å². The second kappa shape index (κ2) is 6.31. The van der Waals surface area contributed by atoms with Crippen LogP contribution in [0.4, 0.5) is 0 Å². The van der Waals surface area contributed by atoms with Gasteiger partial charge in [-0.3, -0.25) is 4.79 Å². The molecule has 6 heteroatoms. The molecule has 6 nitrogen and oxygen atoms in total. The Hall–Kier alpha value is -3.15. The van der Waals surface area contributed by atoms with E-state index in [-0.39, 0.29) is 12.5 Å². The average Bonchev–Trinajstić information content (AvgIpc) is 3.00. The van der Waals surface area contributed by atoms with Gasteiger partial charge in [0.05, 0.1) is 17.4 Å². The number of rotatable bonds is 4. The van der Waals surface area contributed by atoms with Crippen LogP contribution in [0.1, 0.15) is 15.9 Å². The van der Waals surface area contributed by atoms with Crippen LogP contribution in [0.15, 0.2) is 48.8 Å². The topological polar surface area (TPSA) is 84.1 Å². The molecule has 3 aromatic rings. The van der Waals surface area contributed by atoms with Crippen molar-refractivity contribution in [1.29, 1.82) is 0 Å². The van der Waals surface area contributed by atoms with Crippen LogP contribution in [-0.2, 0) is 4.79 Å². The highest BCUT2D eigenvalue weighted by atomic mass is 16.5. The molecule has 3 rings (SSSR count). The van der Waals surface area contributed by atoms with Crippen LogP contribution in [0, 0.1) is 6.92 Å². The van der Waals surface area contributed by atoms with Crippen molar-refractivity contribution >= 4 is 22.9 Å². The zero-order chi connectivity index (χ0) is 16.2. The molecule has 0 saturated heterocycles. The van der Waals surface area contributed by atoms with Crippen molar-refractivity contribution in [3.63, 3.8) is 0 Å². The molecule has 0 bridgehead atoms. The maximum Gasteiger partial charge on any atom is 0.330 e. The molecule has 2 N–H and O–H groups in total. The Labute approximate surface area is 132 Å². The van der Waals surface area contributed by atoms with Gasteiger partial charge in [0.1, 0.15) is 12.3 Å². The summed E-state index contributed by atoms with van der Waals surface area (Å²) in [6.45, 7) is 1.71. The van der Waals surface area contributed by atoms with Crippen LogP contribution in [0.25, 0.3) is 11.0 Å². The Kier molecular flexibility index (Phi) is 4.05. The number of aromatic nitrogens is 2. The Morgan fingerprint density at radius 3 is 2.91 bits per heavy atom. The first-order valence-corrected chi connectivity index (χ1v) is 7.10. The summed E-state index contributed by atoms with van der Waals surface area (Å²) in [5.74, 6) is -0.405. The van der Waals surface area contributed by atoms with E-state index in [0.29, 0.717) is 11.3 Å². The summed E-state index contributed by atoms with van der Waals surface area (Å²) in [5, 5.41) is 2.54. The number of nitrogens with zero attached hydrogens (tertiary/aromatic N) is 1. The molecular formula is C17H15N3O3. The number of aromatic amines is 1. The number of ether oxygens (including phenoxy) is 1. The highest BCUT2D eigenvalue weighted by Gasteiger charge is 2.11. The second-order valence-corrected chi connectivity index (χ2v) is 5.11. The van der Waals surface area contributed by atoms with Gasteiger partial charge in [-0.25, -0.2) is 9.78 Å². The fourth-order valence-electron chi connectivity index (χ4n) is 2.18. The standard InChI is InChI=1S/C17H15N3O3/c1-11-3-2-4-13(7-11)23-16(21)9-18-17(22)12-5-6-14-15(8-12)20-10-19-14/h2-8,10H,9H2,1H3,(H,18,22)(H,19,20). The van der Waals surface area contributed by atoms with Crippen molar-refractivity contribution in [2.75, 3.05) is 6.54 Å². The number of H-pyrrole nitrogens is 1. The third kappa shape index (κ3) is 3.55. The summed E-state index contributed by atoms with van der Waals surface area (Å²) >= 11 is 0. The van der Waals surface area contributed by atoms with E-state index in [1.54, 1.807) is 42.7 Å². The number of carbonyl (C=O) groups excluding carboxylic acids is 2. The number of aryl methyl sites for hydroxylation is 1. The van der Waals surface area contributed by atoms with E-state index in [1.165, 1.54) is 0 Å². The molecule has 0 aliphatic carbocycles. The monoisotopic (exact) mass is 309 g/mol. The smallest absolute Gasteiger partial charge is 0.330 e. The number of amides is 1. The predicted molar refractivity (Wildman–Crippen MR) is 85.2 cm³/mol. The highest BCUT2D eigenvalue weighted by molar-refractivity contribution is 5.98. The molecular weight excluding hydrogens is 294 g/mol. The molecule has 0 fully saturated rings. The van der Waals surface area contributed by atoms with Crippen molar-refractivity contribution in [3.05, 3.63) is 59.9 Å². The summed E-state index contributed by atoms with van der Waals surface area (Å²) in [5.41, 5.74) is 2.98. The number of carbonyl (C=O) groups is 2. The van der Waals surface area contributed by atoms with E-state index in [2.05, 4.69) is 15.3 Å². The number of fused-ring (bicyclic) bond motifs is 1. The lowest BCUT2D eigenvalue weighted by Gasteiger charge is -2.07. The molecule has 23 heavy (non-hydrogen) atoms. The fourth-order valence-corrected chi connectivity index (χ4v) is 2.18. The molecule has 1 amide bonds. The summed E-state index contributed by atoms with van der Waals surface area (Å²) in [7, 11) is 0. The van der Waals surface area contributed by atoms with Gasteiger partial charge >= 0.3 is 5.97 Å². The third-order valence-corrected chi connectivity index (χ3v) is 3.30. The van der Waals surface area contributed by atoms with E-state index in [4.69, 9.17) is 4.74 Å². The maximum absolute atomic E-state index is 12.1. The number of benzene rings is 2. The quantitative estimate of drug-likeness (QED) is 0.571. The molecule has 0 aliphatic rings. The molecule has 1 heterocycles. The lowest BCUT2D eigenvalue weighted by Crippen LogP contribution is -2.31. The van der Waals surface area contributed by atoms with Gasteiger partial charge in [-0.05, 0) is 42.8 Å². The van der Waals surface area contributed by atoms with Crippen LogP contribution in [0.2, 0.25) is 0 Å². The van der Waals surface area contributed by atoms with E-state index in [0.717, 1.165) is 16.6 Å². The van der Waals surface area contributed by atoms with E-state index in [1.807, 2.05) is 13.0 Å². The van der Waals surface area contributed by atoms with Crippen molar-refractivity contribution < 1.29 is 14.3 Å². The zero-order valence-electron chi connectivity index (χ0n) is 12.5. The summed E-state index contributed by atoms with van der Waals surface area (Å²) in [6, 6.07) is 12.2. The van der Waals surface area contributed by atoms with Crippen molar-refractivity contribution in [1.82, 2.24) is 15.3 Å². The Morgan fingerprint density at radius 1 is 1.22 bits per heavy atom. The molecule has 0 spiro atoms.